The first kappa shape index (κ1) is 17.2. The minimum atomic E-state index is -0.463. The standard InChI is InChI=1S/C18H25N3O2/c1-18(2,3)23-17(22)21(4)11-10-20-13-15-7-5-6-14-12-19-9-8-16(14)15/h5-9,12,20H,10-11,13H2,1-4H3. The van der Waals surface area contributed by atoms with E-state index in [0.717, 1.165) is 11.9 Å². The van der Waals surface area contributed by atoms with Crippen molar-refractivity contribution in [3.8, 4) is 0 Å². The zero-order valence-corrected chi connectivity index (χ0v) is 14.3. The lowest BCUT2D eigenvalue weighted by Gasteiger charge is -2.24. The van der Waals surface area contributed by atoms with Crippen molar-refractivity contribution in [1.29, 1.82) is 0 Å². The van der Waals surface area contributed by atoms with E-state index in [-0.39, 0.29) is 6.09 Å². The molecule has 0 fully saturated rings. The van der Waals surface area contributed by atoms with E-state index < -0.39 is 5.60 Å². The van der Waals surface area contributed by atoms with Gasteiger partial charge in [-0.1, -0.05) is 18.2 Å². The van der Waals surface area contributed by atoms with Crippen LogP contribution in [0.4, 0.5) is 4.79 Å². The van der Waals surface area contributed by atoms with E-state index in [9.17, 15) is 4.79 Å². The molecule has 1 N–H and O–H groups in total. The minimum absolute atomic E-state index is 0.296. The molecule has 0 saturated heterocycles. The molecule has 5 nitrogen and oxygen atoms in total. The van der Waals surface area contributed by atoms with E-state index >= 15 is 0 Å². The highest BCUT2D eigenvalue weighted by molar-refractivity contribution is 5.84. The first-order chi connectivity index (χ1) is 10.9. The lowest BCUT2D eigenvalue weighted by atomic mass is 10.1. The minimum Gasteiger partial charge on any atom is -0.444 e. The summed E-state index contributed by atoms with van der Waals surface area (Å²) in [6.07, 6.45) is 3.38. The van der Waals surface area contributed by atoms with Crippen LogP contribution in [-0.2, 0) is 11.3 Å². The zero-order chi connectivity index (χ0) is 16.9. The molecule has 1 heterocycles. The first-order valence-corrected chi connectivity index (χ1v) is 7.83. The quantitative estimate of drug-likeness (QED) is 0.861. The number of hydrogen-bond acceptors (Lipinski definition) is 4. The van der Waals surface area contributed by atoms with Crippen molar-refractivity contribution in [3.05, 3.63) is 42.2 Å². The van der Waals surface area contributed by atoms with Crippen molar-refractivity contribution in [2.24, 2.45) is 0 Å². The van der Waals surface area contributed by atoms with E-state index in [1.54, 1.807) is 11.9 Å². The molecule has 0 aliphatic carbocycles. The molecule has 23 heavy (non-hydrogen) atoms. The maximum atomic E-state index is 11.9. The Labute approximate surface area is 137 Å². The number of carbonyl (C=O) groups excluding carboxylic acids is 1. The third kappa shape index (κ3) is 5.21. The summed E-state index contributed by atoms with van der Waals surface area (Å²) in [5.41, 5.74) is 0.764. The Bertz CT molecular complexity index is 659. The Morgan fingerprint density at radius 3 is 2.83 bits per heavy atom. The van der Waals surface area contributed by atoms with Crippen molar-refractivity contribution in [1.82, 2.24) is 15.2 Å². The summed E-state index contributed by atoms with van der Waals surface area (Å²) in [6, 6.07) is 8.22. The van der Waals surface area contributed by atoms with Crippen LogP contribution in [0.3, 0.4) is 0 Å². The summed E-state index contributed by atoms with van der Waals surface area (Å²) in [6.45, 7) is 7.66. The van der Waals surface area contributed by atoms with E-state index in [4.69, 9.17) is 4.74 Å². The second-order valence-corrected chi connectivity index (χ2v) is 6.59. The van der Waals surface area contributed by atoms with Crippen molar-refractivity contribution in [2.75, 3.05) is 20.1 Å². The van der Waals surface area contributed by atoms with Gasteiger partial charge in [0.1, 0.15) is 5.60 Å². The van der Waals surface area contributed by atoms with Gasteiger partial charge in [0.25, 0.3) is 0 Å². The summed E-state index contributed by atoms with van der Waals surface area (Å²) in [7, 11) is 1.75. The van der Waals surface area contributed by atoms with Gasteiger partial charge in [0.05, 0.1) is 0 Å². The maximum absolute atomic E-state index is 11.9. The molecule has 0 radical (unpaired) electrons. The number of amides is 1. The fraction of sp³-hybridized carbons (Fsp3) is 0.444. The molecule has 5 heteroatoms. The Morgan fingerprint density at radius 2 is 2.09 bits per heavy atom. The van der Waals surface area contributed by atoms with Crippen LogP contribution in [0.1, 0.15) is 26.3 Å². The number of pyridine rings is 1. The highest BCUT2D eigenvalue weighted by atomic mass is 16.6. The normalized spacial score (nSPS) is 11.5. The number of hydrogen-bond donors (Lipinski definition) is 1. The maximum Gasteiger partial charge on any atom is 0.410 e. The average molecular weight is 315 g/mol. The van der Waals surface area contributed by atoms with E-state index in [1.807, 2.05) is 45.3 Å². The molecule has 0 aliphatic heterocycles. The van der Waals surface area contributed by atoms with Gasteiger partial charge in [0.15, 0.2) is 0 Å². The smallest absolute Gasteiger partial charge is 0.410 e. The molecule has 2 rings (SSSR count). The zero-order valence-electron chi connectivity index (χ0n) is 14.3. The van der Waals surface area contributed by atoms with Crippen LogP contribution in [0.2, 0.25) is 0 Å². The Kier molecular flexibility index (Phi) is 5.55. The molecule has 0 unspecified atom stereocenters. The summed E-state index contributed by atoms with van der Waals surface area (Å²) in [5, 5.41) is 5.71. The molecule has 1 amide bonds. The lowest BCUT2D eigenvalue weighted by molar-refractivity contribution is 0.0300. The topological polar surface area (TPSA) is 54.5 Å². The summed E-state index contributed by atoms with van der Waals surface area (Å²) in [4.78, 5) is 17.6. The number of nitrogens with zero attached hydrogens (tertiary/aromatic N) is 2. The van der Waals surface area contributed by atoms with Crippen LogP contribution in [0.25, 0.3) is 10.8 Å². The third-order valence-corrected chi connectivity index (χ3v) is 3.42. The second-order valence-electron chi connectivity index (χ2n) is 6.59. The predicted molar refractivity (Wildman–Crippen MR) is 92.3 cm³/mol. The number of likely N-dealkylation sites (N-methyl/N-ethyl adjacent to an activating group) is 1. The third-order valence-electron chi connectivity index (χ3n) is 3.42. The fourth-order valence-electron chi connectivity index (χ4n) is 2.24. The van der Waals surface area contributed by atoms with Gasteiger partial charge >= 0.3 is 6.09 Å². The molecule has 0 saturated carbocycles. The summed E-state index contributed by atoms with van der Waals surface area (Å²) >= 11 is 0. The van der Waals surface area contributed by atoms with Gasteiger partial charge in [-0.15, -0.1) is 0 Å². The van der Waals surface area contributed by atoms with Crippen LogP contribution in [0.5, 0.6) is 0 Å². The molecule has 0 bridgehead atoms. The van der Waals surface area contributed by atoms with Crippen LogP contribution in [-0.4, -0.2) is 41.7 Å². The van der Waals surface area contributed by atoms with E-state index in [0.29, 0.717) is 13.1 Å². The van der Waals surface area contributed by atoms with Gasteiger partial charge in [-0.25, -0.2) is 4.79 Å². The van der Waals surface area contributed by atoms with Gasteiger partial charge in [-0.2, -0.15) is 0 Å². The number of nitrogens with one attached hydrogen (secondary N) is 1. The largest absolute Gasteiger partial charge is 0.444 e. The molecule has 0 aliphatic rings. The van der Waals surface area contributed by atoms with Crippen LogP contribution >= 0.6 is 0 Å². The molecule has 0 atom stereocenters. The monoisotopic (exact) mass is 315 g/mol. The molecule has 0 spiro atoms. The summed E-state index contributed by atoms with van der Waals surface area (Å²) in [5.74, 6) is 0. The number of rotatable bonds is 5. The van der Waals surface area contributed by atoms with Gasteiger partial charge in [0.2, 0.25) is 0 Å². The fourth-order valence-corrected chi connectivity index (χ4v) is 2.24. The number of ether oxygens (including phenoxy) is 1. The summed E-state index contributed by atoms with van der Waals surface area (Å²) < 4.78 is 5.32. The van der Waals surface area contributed by atoms with Crippen LogP contribution in [0.15, 0.2) is 36.7 Å². The highest BCUT2D eigenvalue weighted by Gasteiger charge is 2.19. The van der Waals surface area contributed by atoms with E-state index in [1.165, 1.54) is 10.9 Å². The van der Waals surface area contributed by atoms with Crippen LogP contribution < -0.4 is 5.32 Å². The van der Waals surface area contributed by atoms with Gasteiger partial charge in [-0.3, -0.25) is 4.98 Å². The SMILES string of the molecule is CN(CCNCc1cccc2cnccc12)C(=O)OC(C)(C)C. The molecule has 2 aromatic rings. The van der Waals surface area contributed by atoms with Crippen LogP contribution in [0, 0.1) is 0 Å². The number of carbonyl (C=O) groups is 1. The molecule has 1 aromatic carbocycles. The van der Waals surface area contributed by atoms with E-state index in [2.05, 4.69) is 22.4 Å². The van der Waals surface area contributed by atoms with Gasteiger partial charge in [-0.05, 0) is 37.8 Å². The Hall–Kier alpha value is -2.14. The molecule has 124 valence electrons. The Balaban J connectivity index is 1.82. The average Bonchev–Trinajstić information content (AvgIpc) is 2.49. The van der Waals surface area contributed by atoms with Crippen molar-refractivity contribution in [2.45, 2.75) is 32.9 Å². The van der Waals surface area contributed by atoms with Gasteiger partial charge in [0, 0.05) is 44.5 Å². The number of fused-ring (bicyclic) bond motifs is 1. The van der Waals surface area contributed by atoms with Crippen molar-refractivity contribution in [3.63, 3.8) is 0 Å². The first-order valence-electron chi connectivity index (χ1n) is 7.83. The molecular weight excluding hydrogens is 290 g/mol. The number of benzene rings is 1. The molecule has 1 aromatic heterocycles. The highest BCUT2D eigenvalue weighted by Crippen LogP contribution is 2.17. The molecular formula is C18H25N3O2. The lowest BCUT2D eigenvalue weighted by Crippen LogP contribution is -2.37. The van der Waals surface area contributed by atoms with Crippen molar-refractivity contribution < 1.29 is 9.53 Å². The Morgan fingerprint density at radius 1 is 1.30 bits per heavy atom. The van der Waals surface area contributed by atoms with Gasteiger partial charge < -0.3 is 15.0 Å². The second kappa shape index (κ2) is 7.42. The van der Waals surface area contributed by atoms with Crippen molar-refractivity contribution >= 4 is 16.9 Å². The predicted octanol–water partition coefficient (Wildman–Crippen LogP) is 3.19. The number of aromatic nitrogens is 1.